The Kier molecular flexibility index (Phi) is 3.36. The second-order valence-electron chi connectivity index (χ2n) is 3.84. The van der Waals surface area contributed by atoms with Gasteiger partial charge >= 0.3 is 0 Å². The van der Waals surface area contributed by atoms with Crippen molar-refractivity contribution in [2.75, 3.05) is 0 Å². The van der Waals surface area contributed by atoms with E-state index in [9.17, 15) is 0 Å². The molecule has 5 heteroatoms. The van der Waals surface area contributed by atoms with Crippen LogP contribution in [0.4, 0.5) is 0 Å². The summed E-state index contributed by atoms with van der Waals surface area (Å²) in [6.07, 6.45) is 1.81. The number of hydrogen-bond acceptors (Lipinski definition) is 4. The summed E-state index contributed by atoms with van der Waals surface area (Å²) in [6.45, 7) is 4.97. The van der Waals surface area contributed by atoms with Crippen molar-refractivity contribution in [1.82, 2.24) is 20.1 Å². The van der Waals surface area contributed by atoms with Gasteiger partial charge < -0.3 is 5.32 Å². The Hall–Kier alpha value is -1.20. The van der Waals surface area contributed by atoms with Crippen LogP contribution in [0.1, 0.15) is 29.4 Å². The molecule has 86 valence electrons. The van der Waals surface area contributed by atoms with Crippen LogP contribution >= 0.6 is 11.3 Å². The molecule has 2 rings (SSSR count). The Morgan fingerprint density at radius 3 is 2.94 bits per heavy atom. The molecule has 0 bridgehead atoms. The van der Waals surface area contributed by atoms with Crippen molar-refractivity contribution in [3.63, 3.8) is 0 Å². The molecule has 2 aromatic rings. The Bertz CT molecular complexity index is 460. The van der Waals surface area contributed by atoms with Crippen LogP contribution in [-0.4, -0.2) is 14.8 Å². The summed E-state index contributed by atoms with van der Waals surface area (Å²) in [5.74, 6) is 0. The normalized spacial score (nSPS) is 12.9. The molecule has 16 heavy (non-hydrogen) atoms. The van der Waals surface area contributed by atoms with Crippen LogP contribution in [0.2, 0.25) is 0 Å². The Morgan fingerprint density at radius 2 is 2.38 bits per heavy atom. The first-order valence-corrected chi connectivity index (χ1v) is 6.17. The number of aromatic nitrogens is 3. The van der Waals surface area contributed by atoms with Crippen molar-refractivity contribution in [1.29, 1.82) is 0 Å². The average molecular weight is 236 g/mol. The van der Waals surface area contributed by atoms with E-state index in [-0.39, 0.29) is 6.04 Å². The standard InChI is InChI=1S/C11H16N4S/c1-8(11-7-16-9(2)14-11)12-6-10-4-5-13-15(10)3/h4-5,7-8,12H,6H2,1-3H3. The third kappa shape index (κ3) is 2.48. The minimum absolute atomic E-state index is 0.278. The first kappa shape index (κ1) is 11.3. The predicted octanol–water partition coefficient (Wildman–Crippen LogP) is 2.04. The van der Waals surface area contributed by atoms with Crippen LogP contribution in [0.5, 0.6) is 0 Å². The molecule has 1 unspecified atom stereocenters. The van der Waals surface area contributed by atoms with E-state index in [1.807, 2.05) is 30.9 Å². The van der Waals surface area contributed by atoms with Crippen LogP contribution in [0.3, 0.4) is 0 Å². The fraction of sp³-hybridized carbons (Fsp3) is 0.455. The maximum atomic E-state index is 4.47. The summed E-state index contributed by atoms with van der Waals surface area (Å²) >= 11 is 1.69. The number of aryl methyl sites for hydroxylation is 2. The highest BCUT2D eigenvalue weighted by Crippen LogP contribution is 2.15. The largest absolute Gasteiger partial charge is 0.303 e. The highest BCUT2D eigenvalue weighted by atomic mass is 32.1. The van der Waals surface area contributed by atoms with Gasteiger partial charge in [0.2, 0.25) is 0 Å². The zero-order valence-corrected chi connectivity index (χ0v) is 10.6. The van der Waals surface area contributed by atoms with Crippen LogP contribution in [0.25, 0.3) is 0 Å². The Balaban J connectivity index is 1.93. The first-order chi connectivity index (χ1) is 7.66. The van der Waals surface area contributed by atoms with Crippen molar-refractivity contribution in [2.24, 2.45) is 7.05 Å². The van der Waals surface area contributed by atoms with E-state index in [0.717, 1.165) is 17.2 Å². The minimum atomic E-state index is 0.278. The lowest BCUT2D eigenvalue weighted by Gasteiger charge is -2.11. The molecule has 1 atom stereocenters. The van der Waals surface area contributed by atoms with Crippen molar-refractivity contribution < 1.29 is 0 Å². The molecule has 2 heterocycles. The summed E-state index contributed by atoms with van der Waals surface area (Å²) in [5.41, 5.74) is 2.29. The molecule has 0 aliphatic heterocycles. The molecule has 1 N–H and O–H groups in total. The molecule has 0 spiro atoms. The van der Waals surface area contributed by atoms with Gasteiger partial charge in [-0.3, -0.25) is 4.68 Å². The summed E-state index contributed by atoms with van der Waals surface area (Å²) in [7, 11) is 1.95. The van der Waals surface area contributed by atoms with Crippen molar-refractivity contribution >= 4 is 11.3 Å². The lowest BCUT2D eigenvalue weighted by molar-refractivity contribution is 0.539. The molecule has 2 aromatic heterocycles. The zero-order chi connectivity index (χ0) is 11.5. The highest BCUT2D eigenvalue weighted by molar-refractivity contribution is 7.09. The average Bonchev–Trinajstić information content (AvgIpc) is 2.84. The molecular weight excluding hydrogens is 220 g/mol. The van der Waals surface area contributed by atoms with Crippen LogP contribution in [0, 0.1) is 6.92 Å². The van der Waals surface area contributed by atoms with Crippen LogP contribution in [0.15, 0.2) is 17.6 Å². The number of nitrogens with zero attached hydrogens (tertiary/aromatic N) is 3. The lowest BCUT2D eigenvalue weighted by Crippen LogP contribution is -2.20. The van der Waals surface area contributed by atoms with Gasteiger partial charge in [0.15, 0.2) is 0 Å². The van der Waals surface area contributed by atoms with Gasteiger partial charge in [-0.2, -0.15) is 5.10 Å². The molecule has 0 saturated carbocycles. The summed E-state index contributed by atoms with van der Waals surface area (Å²) in [6, 6.07) is 2.30. The van der Waals surface area contributed by atoms with Gasteiger partial charge in [-0.1, -0.05) is 0 Å². The smallest absolute Gasteiger partial charge is 0.0898 e. The summed E-state index contributed by atoms with van der Waals surface area (Å²) < 4.78 is 1.88. The fourth-order valence-electron chi connectivity index (χ4n) is 1.52. The van der Waals surface area contributed by atoms with Crippen molar-refractivity contribution in [2.45, 2.75) is 26.4 Å². The second-order valence-corrected chi connectivity index (χ2v) is 4.90. The maximum Gasteiger partial charge on any atom is 0.0898 e. The van der Waals surface area contributed by atoms with E-state index in [1.165, 1.54) is 5.69 Å². The molecule has 4 nitrogen and oxygen atoms in total. The maximum absolute atomic E-state index is 4.47. The van der Waals surface area contributed by atoms with Gasteiger partial charge in [-0.05, 0) is 19.9 Å². The number of rotatable bonds is 4. The molecule has 0 fully saturated rings. The molecule has 0 saturated heterocycles. The Morgan fingerprint density at radius 1 is 1.56 bits per heavy atom. The molecule has 0 aliphatic rings. The number of hydrogen-bond donors (Lipinski definition) is 1. The minimum Gasteiger partial charge on any atom is -0.303 e. The van der Waals surface area contributed by atoms with Gasteiger partial charge in [0.25, 0.3) is 0 Å². The third-order valence-electron chi connectivity index (χ3n) is 2.59. The van der Waals surface area contributed by atoms with Crippen molar-refractivity contribution in [3.05, 3.63) is 34.0 Å². The van der Waals surface area contributed by atoms with Gasteiger partial charge in [-0.15, -0.1) is 11.3 Å². The summed E-state index contributed by atoms with van der Waals surface area (Å²) in [5, 5.41) is 10.8. The Labute approximate surface area is 99.3 Å². The number of nitrogens with one attached hydrogen (secondary N) is 1. The van der Waals surface area contributed by atoms with Crippen LogP contribution in [-0.2, 0) is 13.6 Å². The van der Waals surface area contributed by atoms with Gasteiger partial charge in [0, 0.05) is 31.2 Å². The van der Waals surface area contributed by atoms with E-state index < -0.39 is 0 Å². The fourth-order valence-corrected chi connectivity index (χ4v) is 2.22. The van der Waals surface area contributed by atoms with Gasteiger partial charge in [0.1, 0.15) is 0 Å². The van der Waals surface area contributed by atoms with E-state index in [2.05, 4.69) is 27.7 Å². The molecule has 0 amide bonds. The van der Waals surface area contributed by atoms with Gasteiger partial charge in [-0.25, -0.2) is 4.98 Å². The molecule has 0 radical (unpaired) electrons. The highest BCUT2D eigenvalue weighted by Gasteiger charge is 2.08. The molecular formula is C11H16N4S. The first-order valence-electron chi connectivity index (χ1n) is 5.29. The lowest BCUT2D eigenvalue weighted by atomic mass is 10.2. The van der Waals surface area contributed by atoms with Crippen LogP contribution < -0.4 is 5.32 Å². The van der Waals surface area contributed by atoms with E-state index in [0.29, 0.717) is 0 Å². The van der Waals surface area contributed by atoms with Crippen molar-refractivity contribution in [3.8, 4) is 0 Å². The van der Waals surface area contributed by atoms with E-state index in [1.54, 1.807) is 11.3 Å². The predicted molar refractivity (Wildman–Crippen MR) is 65.3 cm³/mol. The zero-order valence-electron chi connectivity index (χ0n) is 9.77. The monoisotopic (exact) mass is 236 g/mol. The third-order valence-corrected chi connectivity index (χ3v) is 3.38. The topological polar surface area (TPSA) is 42.7 Å². The summed E-state index contributed by atoms with van der Waals surface area (Å²) in [4.78, 5) is 4.47. The SMILES string of the molecule is Cc1nc(C(C)NCc2ccnn2C)cs1. The van der Waals surface area contributed by atoms with E-state index >= 15 is 0 Å². The quantitative estimate of drug-likeness (QED) is 0.883. The molecule has 0 aliphatic carbocycles. The van der Waals surface area contributed by atoms with Gasteiger partial charge in [0.05, 0.1) is 16.4 Å². The molecule has 0 aromatic carbocycles. The number of thiazole rings is 1. The second kappa shape index (κ2) is 4.76. The van der Waals surface area contributed by atoms with E-state index in [4.69, 9.17) is 0 Å².